The maximum Gasteiger partial charge on any atom is 0.137 e. The van der Waals surface area contributed by atoms with E-state index in [4.69, 9.17) is 10.00 Å². The highest BCUT2D eigenvalue weighted by Crippen LogP contribution is 2.28. The predicted molar refractivity (Wildman–Crippen MR) is 77.5 cm³/mol. The van der Waals surface area contributed by atoms with E-state index in [-0.39, 0.29) is 6.61 Å². The highest BCUT2D eigenvalue weighted by molar-refractivity contribution is 5.42. The van der Waals surface area contributed by atoms with Gasteiger partial charge in [0.15, 0.2) is 0 Å². The first-order valence-corrected chi connectivity index (χ1v) is 7.02. The molecule has 0 amide bonds. The molecule has 1 aromatic carbocycles. The van der Waals surface area contributed by atoms with Crippen LogP contribution in [0, 0.1) is 16.7 Å². The molecule has 0 bridgehead atoms. The highest BCUT2D eigenvalue weighted by atomic mass is 16.5. The van der Waals surface area contributed by atoms with Crippen molar-refractivity contribution in [3.63, 3.8) is 0 Å². The van der Waals surface area contributed by atoms with Gasteiger partial charge < -0.3 is 14.7 Å². The minimum absolute atomic E-state index is 0.218. The van der Waals surface area contributed by atoms with Gasteiger partial charge in [0.05, 0.1) is 5.56 Å². The van der Waals surface area contributed by atoms with E-state index in [9.17, 15) is 5.11 Å². The first kappa shape index (κ1) is 14.8. The van der Waals surface area contributed by atoms with Crippen LogP contribution < -0.4 is 4.74 Å². The lowest BCUT2D eigenvalue weighted by atomic mass is 9.93. The standard InChI is InChI=1S/C16H22N2O2/c1-16(2)7-8-18(12-16)10-14(19)11-20-15-6-4-3-5-13(15)9-17/h3-6,14,19H,7-8,10-12H2,1-2H3. The maximum absolute atomic E-state index is 10.1. The summed E-state index contributed by atoms with van der Waals surface area (Å²) in [6.45, 7) is 7.38. The Kier molecular flexibility index (Phi) is 4.64. The summed E-state index contributed by atoms with van der Waals surface area (Å²) in [5.74, 6) is 0.538. The number of nitriles is 1. The Morgan fingerprint density at radius 3 is 2.85 bits per heavy atom. The Labute approximate surface area is 120 Å². The molecule has 0 radical (unpaired) electrons. The van der Waals surface area contributed by atoms with Gasteiger partial charge in [0.2, 0.25) is 0 Å². The number of para-hydroxylation sites is 1. The summed E-state index contributed by atoms with van der Waals surface area (Å²) < 4.78 is 5.55. The predicted octanol–water partition coefficient (Wildman–Crippen LogP) is 2.03. The lowest BCUT2D eigenvalue weighted by Crippen LogP contribution is -2.35. The van der Waals surface area contributed by atoms with Crippen molar-refractivity contribution in [2.75, 3.05) is 26.2 Å². The normalized spacial score (nSPS) is 19.5. The number of β-amino-alcohol motifs (C(OH)–C–C–N with tert-alkyl or cyclic N) is 1. The van der Waals surface area contributed by atoms with Crippen molar-refractivity contribution in [3.05, 3.63) is 29.8 Å². The van der Waals surface area contributed by atoms with Crippen molar-refractivity contribution >= 4 is 0 Å². The maximum atomic E-state index is 10.1. The second-order valence-corrected chi connectivity index (χ2v) is 6.22. The molecule has 0 aliphatic carbocycles. The Hall–Kier alpha value is -1.57. The second-order valence-electron chi connectivity index (χ2n) is 6.22. The van der Waals surface area contributed by atoms with Crippen LogP contribution in [-0.4, -0.2) is 42.4 Å². The molecule has 0 spiro atoms. The number of ether oxygens (including phenoxy) is 1. The van der Waals surface area contributed by atoms with Crippen LogP contribution in [0.15, 0.2) is 24.3 Å². The van der Waals surface area contributed by atoms with Crippen LogP contribution in [0.5, 0.6) is 5.75 Å². The molecule has 4 nitrogen and oxygen atoms in total. The van der Waals surface area contributed by atoms with Crippen LogP contribution in [0.25, 0.3) is 0 Å². The molecule has 1 fully saturated rings. The lowest BCUT2D eigenvalue weighted by Gasteiger charge is -2.22. The van der Waals surface area contributed by atoms with Gasteiger partial charge in [-0.15, -0.1) is 0 Å². The Morgan fingerprint density at radius 1 is 1.45 bits per heavy atom. The molecular formula is C16H22N2O2. The van der Waals surface area contributed by atoms with Crippen LogP contribution in [0.2, 0.25) is 0 Å². The minimum atomic E-state index is -0.532. The van der Waals surface area contributed by atoms with Crippen LogP contribution in [0.3, 0.4) is 0 Å². The first-order chi connectivity index (χ1) is 9.50. The summed E-state index contributed by atoms with van der Waals surface area (Å²) in [6, 6.07) is 9.18. The summed E-state index contributed by atoms with van der Waals surface area (Å²) >= 11 is 0. The van der Waals surface area contributed by atoms with Gasteiger partial charge in [-0.25, -0.2) is 0 Å². The summed E-state index contributed by atoms with van der Waals surface area (Å²) in [5, 5.41) is 19.0. The van der Waals surface area contributed by atoms with E-state index in [1.54, 1.807) is 18.2 Å². The molecule has 0 aromatic heterocycles. The van der Waals surface area contributed by atoms with E-state index in [0.717, 1.165) is 19.5 Å². The fourth-order valence-corrected chi connectivity index (χ4v) is 2.60. The number of hydrogen-bond acceptors (Lipinski definition) is 4. The van der Waals surface area contributed by atoms with Crippen molar-refractivity contribution in [1.29, 1.82) is 5.26 Å². The van der Waals surface area contributed by atoms with Crippen molar-refractivity contribution in [3.8, 4) is 11.8 Å². The molecule has 1 aliphatic heterocycles. The summed E-state index contributed by atoms with van der Waals surface area (Å²) in [4.78, 5) is 2.27. The lowest BCUT2D eigenvalue weighted by molar-refractivity contribution is 0.0729. The van der Waals surface area contributed by atoms with E-state index in [0.29, 0.717) is 23.3 Å². The van der Waals surface area contributed by atoms with Gasteiger partial charge >= 0.3 is 0 Å². The molecule has 1 saturated heterocycles. The third-order valence-electron chi connectivity index (χ3n) is 3.66. The molecular weight excluding hydrogens is 252 g/mol. The van der Waals surface area contributed by atoms with Gasteiger partial charge in [-0.2, -0.15) is 5.26 Å². The number of rotatable bonds is 5. The van der Waals surface area contributed by atoms with E-state index in [1.165, 1.54) is 0 Å². The number of likely N-dealkylation sites (tertiary alicyclic amines) is 1. The molecule has 1 heterocycles. The van der Waals surface area contributed by atoms with Crippen molar-refractivity contribution in [2.24, 2.45) is 5.41 Å². The van der Waals surface area contributed by atoms with Crippen molar-refractivity contribution in [1.82, 2.24) is 4.90 Å². The zero-order valence-corrected chi connectivity index (χ0v) is 12.2. The minimum Gasteiger partial charge on any atom is -0.489 e. The molecule has 4 heteroatoms. The quantitative estimate of drug-likeness (QED) is 0.892. The molecule has 1 atom stereocenters. The molecule has 2 rings (SSSR count). The molecule has 1 aliphatic rings. The molecule has 0 saturated carbocycles. The Morgan fingerprint density at radius 2 is 2.20 bits per heavy atom. The highest BCUT2D eigenvalue weighted by Gasteiger charge is 2.30. The molecule has 1 N–H and O–H groups in total. The van der Waals surface area contributed by atoms with Gasteiger partial charge in [0.25, 0.3) is 0 Å². The van der Waals surface area contributed by atoms with Gasteiger partial charge in [-0.3, -0.25) is 0 Å². The molecule has 20 heavy (non-hydrogen) atoms. The molecule has 1 unspecified atom stereocenters. The number of benzene rings is 1. The number of hydrogen-bond donors (Lipinski definition) is 1. The largest absolute Gasteiger partial charge is 0.489 e. The monoisotopic (exact) mass is 274 g/mol. The smallest absolute Gasteiger partial charge is 0.137 e. The van der Waals surface area contributed by atoms with Crippen LogP contribution >= 0.6 is 0 Å². The van der Waals surface area contributed by atoms with Crippen LogP contribution in [0.4, 0.5) is 0 Å². The number of aliphatic hydroxyl groups is 1. The molecule has 108 valence electrons. The summed E-state index contributed by atoms with van der Waals surface area (Å²) in [5.41, 5.74) is 0.843. The SMILES string of the molecule is CC1(C)CCN(CC(O)COc2ccccc2C#N)C1. The van der Waals surface area contributed by atoms with Crippen molar-refractivity contribution < 1.29 is 9.84 Å². The van der Waals surface area contributed by atoms with Crippen LogP contribution in [0.1, 0.15) is 25.8 Å². The van der Waals surface area contributed by atoms with E-state index < -0.39 is 6.10 Å². The molecule has 1 aromatic rings. The third kappa shape index (κ3) is 3.96. The van der Waals surface area contributed by atoms with E-state index >= 15 is 0 Å². The first-order valence-electron chi connectivity index (χ1n) is 7.02. The average Bonchev–Trinajstić information content (AvgIpc) is 2.76. The second kappa shape index (κ2) is 6.25. The van der Waals surface area contributed by atoms with Gasteiger partial charge in [-0.1, -0.05) is 26.0 Å². The average molecular weight is 274 g/mol. The van der Waals surface area contributed by atoms with Crippen molar-refractivity contribution in [2.45, 2.75) is 26.4 Å². The zero-order valence-electron chi connectivity index (χ0n) is 12.2. The zero-order chi connectivity index (χ0) is 14.6. The topological polar surface area (TPSA) is 56.5 Å². The Balaban J connectivity index is 1.81. The van der Waals surface area contributed by atoms with Gasteiger partial charge in [-0.05, 0) is 30.5 Å². The number of aliphatic hydroxyl groups excluding tert-OH is 1. The fraction of sp³-hybridized carbons (Fsp3) is 0.562. The fourth-order valence-electron chi connectivity index (χ4n) is 2.60. The number of nitrogens with zero attached hydrogens (tertiary/aromatic N) is 2. The van der Waals surface area contributed by atoms with Crippen LogP contribution in [-0.2, 0) is 0 Å². The van der Waals surface area contributed by atoms with Gasteiger partial charge in [0.1, 0.15) is 24.5 Å². The van der Waals surface area contributed by atoms with Gasteiger partial charge in [0, 0.05) is 13.1 Å². The third-order valence-corrected chi connectivity index (χ3v) is 3.66. The van der Waals surface area contributed by atoms with E-state index in [1.807, 2.05) is 6.07 Å². The summed E-state index contributed by atoms with van der Waals surface area (Å²) in [7, 11) is 0. The van der Waals surface area contributed by atoms with E-state index in [2.05, 4.69) is 24.8 Å². The summed E-state index contributed by atoms with van der Waals surface area (Å²) in [6.07, 6.45) is 0.633. The Bertz CT molecular complexity index is 493.